The monoisotopic (exact) mass is 584 g/mol. The van der Waals surface area contributed by atoms with Crippen LogP contribution >= 0.6 is 0 Å². The summed E-state index contributed by atoms with van der Waals surface area (Å²) in [5, 5.41) is 11.0. The minimum absolute atomic E-state index is 0.0611. The van der Waals surface area contributed by atoms with E-state index in [1.165, 1.54) is 54.2 Å². The second-order valence-corrected chi connectivity index (χ2v) is 15.2. The molecule has 0 radical (unpaired) electrons. The smallest absolute Gasteiger partial charge is 0.0124 e. The highest BCUT2D eigenvalue weighted by Gasteiger charge is 2.48. The zero-order valence-corrected chi connectivity index (χ0v) is 27.6. The van der Waals surface area contributed by atoms with Gasteiger partial charge in [0.05, 0.1) is 0 Å². The predicted molar refractivity (Wildman–Crippen MR) is 197 cm³/mol. The molecular formula is C45H44. The second kappa shape index (κ2) is 10.4. The Morgan fingerprint density at radius 3 is 1.29 bits per heavy atom. The number of allylic oxidation sites excluding steroid dienone is 2. The lowest BCUT2D eigenvalue weighted by Gasteiger charge is -2.43. The van der Waals surface area contributed by atoms with E-state index >= 15 is 0 Å². The first kappa shape index (κ1) is 28.3. The molecular weight excluding hydrogens is 540 g/mol. The summed E-state index contributed by atoms with van der Waals surface area (Å²) in [5.41, 5.74) is 9.08. The molecule has 0 heterocycles. The van der Waals surface area contributed by atoms with Crippen LogP contribution in [0.2, 0.25) is 0 Å². The average molecular weight is 585 g/mol. The summed E-state index contributed by atoms with van der Waals surface area (Å²) < 4.78 is 0. The van der Waals surface area contributed by atoms with Crippen molar-refractivity contribution in [3.8, 4) is 0 Å². The third kappa shape index (κ3) is 4.40. The van der Waals surface area contributed by atoms with Gasteiger partial charge in [-0.2, -0.15) is 0 Å². The minimum Gasteiger partial charge on any atom is -0.0625 e. The Hall–Kier alpha value is -4.16. The van der Waals surface area contributed by atoms with Crippen LogP contribution in [0.4, 0.5) is 0 Å². The fraction of sp³-hybridized carbons (Fsp3) is 0.289. The standard InChI is InChI=1S/C45H44/c1-27(2)23-35-25-33-21-19-31-17-15-29-11-7-9-13-37(29)39(31)41(33)43(35)45(5,6)44-36(24-28(3)4)26-34-22-20-32-18-16-30-12-8-10-14-38(30)40(32)42(34)44/h7-22,25-28,43-44H,23-24H2,1-6H3. The third-order valence-electron chi connectivity index (χ3n) is 10.7. The van der Waals surface area contributed by atoms with Crippen molar-refractivity contribution in [2.24, 2.45) is 17.3 Å². The molecule has 0 nitrogen and oxygen atoms in total. The average Bonchev–Trinajstić information content (AvgIpc) is 3.58. The first-order valence-corrected chi connectivity index (χ1v) is 17.0. The van der Waals surface area contributed by atoms with Gasteiger partial charge in [-0.1, -0.05) is 162 Å². The van der Waals surface area contributed by atoms with Gasteiger partial charge in [-0.3, -0.25) is 0 Å². The van der Waals surface area contributed by atoms with Gasteiger partial charge in [0, 0.05) is 11.8 Å². The molecule has 45 heavy (non-hydrogen) atoms. The summed E-state index contributed by atoms with van der Waals surface area (Å²) in [6, 6.07) is 36.8. The summed E-state index contributed by atoms with van der Waals surface area (Å²) in [6.45, 7) is 14.7. The molecule has 0 saturated heterocycles. The number of benzene rings is 6. The van der Waals surface area contributed by atoms with Gasteiger partial charge in [0.25, 0.3) is 0 Å². The van der Waals surface area contributed by atoms with Crippen molar-refractivity contribution in [2.75, 3.05) is 0 Å². The molecule has 0 heteroatoms. The topological polar surface area (TPSA) is 0 Å². The van der Waals surface area contributed by atoms with Crippen LogP contribution in [0.1, 0.15) is 88.5 Å². The van der Waals surface area contributed by atoms with E-state index < -0.39 is 0 Å². The molecule has 0 aromatic heterocycles. The van der Waals surface area contributed by atoms with Crippen molar-refractivity contribution < 1.29 is 0 Å². The van der Waals surface area contributed by atoms with E-state index in [1.54, 1.807) is 22.3 Å². The molecule has 2 aliphatic carbocycles. The van der Waals surface area contributed by atoms with Gasteiger partial charge in [0.2, 0.25) is 0 Å². The summed E-state index contributed by atoms with van der Waals surface area (Å²) in [7, 11) is 0. The van der Waals surface area contributed by atoms with Gasteiger partial charge in [0.1, 0.15) is 0 Å². The van der Waals surface area contributed by atoms with Crippen molar-refractivity contribution in [3.63, 3.8) is 0 Å². The van der Waals surface area contributed by atoms with Gasteiger partial charge < -0.3 is 0 Å². The Morgan fingerprint density at radius 1 is 0.489 bits per heavy atom. The molecule has 0 spiro atoms. The van der Waals surface area contributed by atoms with E-state index in [4.69, 9.17) is 0 Å². The molecule has 0 N–H and O–H groups in total. The molecule has 2 atom stereocenters. The lowest BCUT2D eigenvalue weighted by Crippen LogP contribution is -2.31. The van der Waals surface area contributed by atoms with Crippen LogP contribution in [0.25, 0.3) is 55.2 Å². The zero-order valence-electron chi connectivity index (χ0n) is 27.6. The molecule has 224 valence electrons. The van der Waals surface area contributed by atoms with Crippen LogP contribution in [0, 0.1) is 17.3 Å². The molecule has 0 aliphatic heterocycles. The van der Waals surface area contributed by atoms with Crippen molar-refractivity contribution in [3.05, 3.63) is 130 Å². The lowest BCUT2D eigenvalue weighted by molar-refractivity contribution is 0.265. The minimum atomic E-state index is -0.0611. The van der Waals surface area contributed by atoms with Crippen molar-refractivity contribution in [1.82, 2.24) is 0 Å². The van der Waals surface area contributed by atoms with Gasteiger partial charge >= 0.3 is 0 Å². The van der Waals surface area contributed by atoms with Crippen LogP contribution in [0.5, 0.6) is 0 Å². The summed E-state index contributed by atoms with van der Waals surface area (Å²) in [5.74, 6) is 1.83. The first-order chi connectivity index (χ1) is 21.7. The maximum Gasteiger partial charge on any atom is 0.0124 e. The highest BCUT2D eigenvalue weighted by atomic mass is 14.5. The number of rotatable bonds is 6. The molecule has 6 aromatic rings. The Balaban J connectivity index is 1.43. The van der Waals surface area contributed by atoms with Crippen molar-refractivity contribution in [2.45, 2.75) is 66.2 Å². The first-order valence-electron chi connectivity index (χ1n) is 17.0. The molecule has 8 rings (SSSR count). The van der Waals surface area contributed by atoms with E-state index in [0.717, 1.165) is 12.8 Å². The Morgan fingerprint density at radius 2 is 0.867 bits per heavy atom. The second-order valence-electron chi connectivity index (χ2n) is 15.2. The molecule has 0 fully saturated rings. The van der Waals surface area contributed by atoms with E-state index in [0.29, 0.717) is 23.7 Å². The van der Waals surface area contributed by atoms with Gasteiger partial charge in [0.15, 0.2) is 0 Å². The van der Waals surface area contributed by atoms with E-state index in [2.05, 4.69) is 151 Å². The van der Waals surface area contributed by atoms with Crippen LogP contribution < -0.4 is 0 Å². The summed E-state index contributed by atoms with van der Waals surface area (Å²) >= 11 is 0. The lowest BCUT2D eigenvalue weighted by atomic mass is 9.60. The largest absolute Gasteiger partial charge is 0.0625 e. The molecule has 0 bridgehead atoms. The third-order valence-corrected chi connectivity index (χ3v) is 10.7. The van der Waals surface area contributed by atoms with E-state index in [-0.39, 0.29) is 5.41 Å². The highest BCUT2D eigenvalue weighted by Crippen LogP contribution is 2.62. The Kier molecular flexibility index (Phi) is 6.58. The highest BCUT2D eigenvalue weighted by molar-refractivity contribution is 6.12. The van der Waals surface area contributed by atoms with Crippen LogP contribution in [-0.2, 0) is 0 Å². The quantitative estimate of drug-likeness (QED) is 0.171. The predicted octanol–water partition coefficient (Wildman–Crippen LogP) is 13.1. The molecule has 0 amide bonds. The zero-order chi connectivity index (χ0) is 31.0. The van der Waals surface area contributed by atoms with E-state index in [9.17, 15) is 0 Å². The SMILES string of the molecule is CC(C)CC1=Cc2ccc3ccc4ccccc4c3c2C1C(C)(C)C1C(CC(C)C)=Cc2ccc3ccc4ccccc4c3c21. The number of fused-ring (bicyclic) bond motifs is 10. The molecule has 2 unspecified atom stereocenters. The molecule has 6 aromatic carbocycles. The summed E-state index contributed by atoms with van der Waals surface area (Å²) in [6.07, 6.45) is 7.39. The van der Waals surface area contributed by atoms with Crippen molar-refractivity contribution in [1.29, 1.82) is 0 Å². The molecule has 2 aliphatic rings. The Bertz CT molecular complexity index is 2040. The fourth-order valence-electron chi connectivity index (χ4n) is 9.26. The maximum atomic E-state index is 2.60. The fourth-order valence-corrected chi connectivity index (χ4v) is 9.26. The van der Waals surface area contributed by atoms with Crippen LogP contribution in [0.15, 0.2) is 108 Å². The number of hydrogen-bond acceptors (Lipinski definition) is 0. The van der Waals surface area contributed by atoms with Gasteiger partial charge in [-0.15, -0.1) is 0 Å². The Labute approximate surface area is 268 Å². The van der Waals surface area contributed by atoms with Crippen LogP contribution in [-0.4, -0.2) is 0 Å². The molecule has 0 saturated carbocycles. The van der Waals surface area contributed by atoms with Gasteiger partial charge in [-0.25, -0.2) is 0 Å². The van der Waals surface area contributed by atoms with Gasteiger partial charge in [-0.05, 0) is 95.4 Å². The normalized spacial score (nSPS) is 18.0. The summed E-state index contributed by atoms with van der Waals surface area (Å²) in [4.78, 5) is 0. The maximum absolute atomic E-state index is 2.60. The van der Waals surface area contributed by atoms with Crippen LogP contribution in [0.3, 0.4) is 0 Å². The number of hydrogen-bond donors (Lipinski definition) is 0. The van der Waals surface area contributed by atoms with Crippen molar-refractivity contribution >= 4 is 55.2 Å². The van der Waals surface area contributed by atoms with E-state index in [1.807, 2.05) is 0 Å².